The predicted octanol–water partition coefficient (Wildman–Crippen LogP) is 1.68. The summed E-state index contributed by atoms with van der Waals surface area (Å²) in [6.45, 7) is 5.17. The SMILES string of the molecule is COCC(F)(CCCN)CCS(=O)(=O)C(C)(C)C. The molecule has 0 bridgehead atoms. The Morgan fingerprint density at radius 3 is 2.17 bits per heavy atom. The van der Waals surface area contributed by atoms with Crippen molar-refractivity contribution in [2.24, 2.45) is 5.73 Å². The van der Waals surface area contributed by atoms with Crippen molar-refractivity contribution >= 4 is 9.84 Å². The quantitative estimate of drug-likeness (QED) is 0.736. The van der Waals surface area contributed by atoms with Crippen molar-refractivity contribution in [3.8, 4) is 0 Å². The van der Waals surface area contributed by atoms with E-state index in [4.69, 9.17) is 10.5 Å². The maximum atomic E-state index is 14.5. The fraction of sp³-hybridized carbons (Fsp3) is 1.00. The molecule has 0 amide bonds. The van der Waals surface area contributed by atoms with Crippen molar-refractivity contribution in [3.63, 3.8) is 0 Å². The summed E-state index contributed by atoms with van der Waals surface area (Å²) in [5.41, 5.74) is 3.75. The van der Waals surface area contributed by atoms with Crippen LogP contribution in [0.4, 0.5) is 4.39 Å². The smallest absolute Gasteiger partial charge is 0.155 e. The first kappa shape index (κ1) is 17.8. The lowest BCUT2D eigenvalue weighted by molar-refractivity contribution is 0.0309. The zero-order chi connectivity index (χ0) is 14.4. The van der Waals surface area contributed by atoms with E-state index in [0.29, 0.717) is 13.0 Å². The fourth-order valence-electron chi connectivity index (χ4n) is 1.57. The predicted molar refractivity (Wildman–Crippen MR) is 72.2 cm³/mol. The number of alkyl halides is 1. The number of rotatable bonds is 8. The average Bonchev–Trinajstić information content (AvgIpc) is 2.23. The summed E-state index contributed by atoms with van der Waals surface area (Å²) in [4.78, 5) is 0. The van der Waals surface area contributed by atoms with Crippen LogP contribution in [-0.2, 0) is 14.6 Å². The van der Waals surface area contributed by atoms with Crippen LogP contribution in [0, 0.1) is 0 Å². The Balaban J connectivity index is 4.62. The van der Waals surface area contributed by atoms with Gasteiger partial charge in [0.2, 0.25) is 0 Å². The minimum Gasteiger partial charge on any atom is -0.381 e. The number of halogens is 1. The molecule has 0 saturated heterocycles. The summed E-state index contributed by atoms with van der Waals surface area (Å²) in [5.74, 6) is -0.166. The monoisotopic (exact) mass is 283 g/mol. The van der Waals surface area contributed by atoms with Gasteiger partial charge in [-0.1, -0.05) is 0 Å². The summed E-state index contributed by atoms with van der Waals surface area (Å²) in [6.07, 6.45) is 0.715. The van der Waals surface area contributed by atoms with E-state index in [2.05, 4.69) is 0 Å². The van der Waals surface area contributed by atoms with Crippen LogP contribution in [0.3, 0.4) is 0 Å². The van der Waals surface area contributed by atoms with Crippen LogP contribution in [0.5, 0.6) is 0 Å². The first-order valence-corrected chi connectivity index (χ1v) is 7.83. The molecule has 0 radical (unpaired) electrons. The standard InChI is InChI=1S/C12H26FNO3S/c1-11(2,3)18(15,16)9-7-12(13,10-17-4)6-5-8-14/h5-10,14H2,1-4H3. The van der Waals surface area contributed by atoms with Gasteiger partial charge < -0.3 is 10.5 Å². The molecule has 2 N–H and O–H groups in total. The lowest BCUT2D eigenvalue weighted by atomic mass is 9.98. The molecular weight excluding hydrogens is 257 g/mol. The third-order valence-electron chi connectivity index (χ3n) is 2.98. The van der Waals surface area contributed by atoms with Crippen LogP contribution in [0.25, 0.3) is 0 Å². The Morgan fingerprint density at radius 2 is 1.78 bits per heavy atom. The number of sulfone groups is 1. The first-order valence-electron chi connectivity index (χ1n) is 6.18. The molecule has 1 atom stereocenters. The maximum Gasteiger partial charge on any atom is 0.155 e. The summed E-state index contributed by atoms with van der Waals surface area (Å²) >= 11 is 0. The second-order valence-electron chi connectivity index (χ2n) is 5.66. The van der Waals surface area contributed by atoms with Crippen LogP contribution >= 0.6 is 0 Å². The molecule has 0 aliphatic heterocycles. The summed E-state index contributed by atoms with van der Waals surface area (Å²) in [7, 11) is -1.89. The van der Waals surface area contributed by atoms with Crippen LogP contribution in [0.1, 0.15) is 40.0 Å². The second kappa shape index (κ2) is 6.82. The highest BCUT2D eigenvalue weighted by Crippen LogP contribution is 2.26. The van der Waals surface area contributed by atoms with Crippen molar-refractivity contribution in [2.75, 3.05) is 26.0 Å². The van der Waals surface area contributed by atoms with Gasteiger partial charge in [0.05, 0.1) is 17.1 Å². The van der Waals surface area contributed by atoms with Crippen molar-refractivity contribution in [3.05, 3.63) is 0 Å². The minimum atomic E-state index is -3.30. The molecule has 0 spiro atoms. The number of ether oxygens (including phenoxy) is 1. The van der Waals surface area contributed by atoms with Gasteiger partial charge >= 0.3 is 0 Å². The van der Waals surface area contributed by atoms with E-state index in [0.717, 1.165) is 0 Å². The van der Waals surface area contributed by atoms with Gasteiger partial charge in [0.15, 0.2) is 9.84 Å². The lowest BCUT2D eigenvalue weighted by Gasteiger charge is -2.26. The zero-order valence-corrected chi connectivity index (χ0v) is 12.6. The van der Waals surface area contributed by atoms with Crippen molar-refractivity contribution < 1.29 is 17.5 Å². The van der Waals surface area contributed by atoms with Crippen LogP contribution in [-0.4, -0.2) is 44.8 Å². The molecular formula is C12H26FNO3S. The van der Waals surface area contributed by atoms with Crippen LogP contribution < -0.4 is 5.73 Å². The Kier molecular flexibility index (Phi) is 6.74. The van der Waals surface area contributed by atoms with Gasteiger partial charge in [0.1, 0.15) is 5.67 Å². The molecule has 110 valence electrons. The third-order valence-corrected chi connectivity index (χ3v) is 5.59. The molecule has 6 heteroatoms. The number of hydrogen-bond donors (Lipinski definition) is 1. The molecule has 0 saturated carbocycles. The van der Waals surface area contributed by atoms with Crippen molar-refractivity contribution in [2.45, 2.75) is 50.4 Å². The Hall–Kier alpha value is -0.200. The van der Waals surface area contributed by atoms with E-state index in [1.54, 1.807) is 20.8 Å². The second-order valence-corrected chi connectivity index (χ2v) is 8.52. The number of nitrogens with two attached hydrogens (primary N) is 1. The first-order chi connectivity index (χ1) is 8.08. The third kappa shape index (κ3) is 5.63. The average molecular weight is 283 g/mol. The van der Waals surface area contributed by atoms with E-state index < -0.39 is 20.3 Å². The van der Waals surface area contributed by atoms with Crippen molar-refractivity contribution in [1.82, 2.24) is 0 Å². The largest absolute Gasteiger partial charge is 0.381 e. The van der Waals surface area contributed by atoms with Gasteiger partial charge in [-0.3, -0.25) is 0 Å². The van der Waals surface area contributed by atoms with E-state index in [1.807, 2.05) is 0 Å². The molecule has 0 aliphatic rings. The Morgan fingerprint density at radius 1 is 1.22 bits per heavy atom. The minimum absolute atomic E-state index is 0.0412. The van der Waals surface area contributed by atoms with E-state index in [1.165, 1.54) is 7.11 Å². The zero-order valence-electron chi connectivity index (χ0n) is 11.8. The fourth-order valence-corrected chi connectivity index (χ4v) is 2.82. The van der Waals surface area contributed by atoms with E-state index >= 15 is 0 Å². The normalized spacial score (nSPS) is 16.6. The van der Waals surface area contributed by atoms with Gasteiger partial charge in [-0.25, -0.2) is 12.8 Å². The highest BCUT2D eigenvalue weighted by molar-refractivity contribution is 7.92. The molecule has 0 heterocycles. The molecule has 4 nitrogen and oxygen atoms in total. The molecule has 0 aromatic heterocycles. The Labute approximate surface area is 110 Å². The molecule has 0 aliphatic carbocycles. The molecule has 0 aromatic rings. The van der Waals surface area contributed by atoms with E-state index in [-0.39, 0.29) is 25.2 Å². The van der Waals surface area contributed by atoms with Crippen LogP contribution in [0.2, 0.25) is 0 Å². The van der Waals surface area contributed by atoms with Gasteiger partial charge in [0.25, 0.3) is 0 Å². The summed E-state index contributed by atoms with van der Waals surface area (Å²) in [6, 6.07) is 0. The van der Waals surface area contributed by atoms with Crippen LogP contribution in [0.15, 0.2) is 0 Å². The molecule has 0 rings (SSSR count). The Bertz CT molecular complexity index is 338. The molecule has 0 fully saturated rings. The number of methoxy groups -OCH3 is 1. The summed E-state index contributed by atoms with van der Waals surface area (Å²) in [5, 5.41) is 0. The van der Waals surface area contributed by atoms with E-state index in [9.17, 15) is 12.8 Å². The van der Waals surface area contributed by atoms with Gasteiger partial charge in [-0.05, 0) is 46.6 Å². The number of hydrogen-bond acceptors (Lipinski definition) is 4. The molecule has 18 heavy (non-hydrogen) atoms. The molecule has 0 aromatic carbocycles. The maximum absolute atomic E-state index is 14.5. The lowest BCUT2D eigenvalue weighted by Crippen LogP contribution is -2.37. The van der Waals surface area contributed by atoms with Gasteiger partial charge in [-0.2, -0.15) is 0 Å². The highest BCUT2D eigenvalue weighted by Gasteiger charge is 2.35. The summed E-state index contributed by atoms with van der Waals surface area (Å²) < 4.78 is 42.3. The van der Waals surface area contributed by atoms with Gasteiger partial charge in [0, 0.05) is 7.11 Å². The topological polar surface area (TPSA) is 69.4 Å². The van der Waals surface area contributed by atoms with Crippen molar-refractivity contribution in [1.29, 1.82) is 0 Å². The molecule has 1 unspecified atom stereocenters. The highest BCUT2D eigenvalue weighted by atomic mass is 32.2. The van der Waals surface area contributed by atoms with Gasteiger partial charge in [-0.15, -0.1) is 0 Å².